The number of rotatable bonds is 3. The van der Waals surface area contributed by atoms with Crippen molar-refractivity contribution in [3.8, 4) is 5.75 Å². The molecule has 0 radical (unpaired) electrons. The predicted octanol–water partition coefficient (Wildman–Crippen LogP) is 2.77. The number of halogens is 1. The molecule has 0 aliphatic carbocycles. The molecule has 0 amide bonds. The average molecular weight is 256 g/mol. The van der Waals surface area contributed by atoms with Crippen molar-refractivity contribution in [3.63, 3.8) is 0 Å². The van der Waals surface area contributed by atoms with Crippen molar-refractivity contribution in [1.82, 2.24) is 0 Å². The van der Waals surface area contributed by atoms with Gasteiger partial charge in [-0.25, -0.2) is 0 Å². The molecule has 3 atom stereocenters. The Morgan fingerprint density at radius 1 is 1.53 bits per heavy atom. The molecule has 0 bridgehead atoms. The summed E-state index contributed by atoms with van der Waals surface area (Å²) < 4.78 is 10.7. The second kappa shape index (κ2) is 5.25. The van der Waals surface area contributed by atoms with Crippen LogP contribution >= 0.6 is 11.6 Å². The summed E-state index contributed by atoms with van der Waals surface area (Å²) in [6.45, 7) is 2.81. The van der Waals surface area contributed by atoms with Crippen molar-refractivity contribution >= 4 is 11.6 Å². The maximum absolute atomic E-state index is 6.24. The van der Waals surface area contributed by atoms with Crippen molar-refractivity contribution in [2.45, 2.75) is 25.5 Å². The molecule has 1 saturated heterocycles. The van der Waals surface area contributed by atoms with Crippen molar-refractivity contribution in [2.75, 3.05) is 13.7 Å². The van der Waals surface area contributed by atoms with Crippen LogP contribution in [0.4, 0.5) is 0 Å². The lowest BCUT2D eigenvalue weighted by atomic mass is 9.92. The topological polar surface area (TPSA) is 44.5 Å². The lowest BCUT2D eigenvalue weighted by Gasteiger charge is -2.18. The smallest absolute Gasteiger partial charge is 0.137 e. The summed E-state index contributed by atoms with van der Waals surface area (Å²) in [6, 6.07) is 5.69. The van der Waals surface area contributed by atoms with Crippen LogP contribution in [0.25, 0.3) is 0 Å². The molecule has 0 aromatic heterocycles. The van der Waals surface area contributed by atoms with Gasteiger partial charge in [-0.05, 0) is 31.0 Å². The molecule has 4 heteroatoms. The van der Waals surface area contributed by atoms with Crippen molar-refractivity contribution < 1.29 is 9.47 Å². The molecule has 0 spiro atoms. The van der Waals surface area contributed by atoms with Gasteiger partial charge in [0.25, 0.3) is 0 Å². The number of methoxy groups -OCH3 is 1. The maximum atomic E-state index is 6.24. The minimum atomic E-state index is -0.0247. The van der Waals surface area contributed by atoms with E-state index in [1.807, 2.05) is 18.2 Å². The Morgan fingerprint density at radius 2 is 2.29 bits per heavy atom. The van der Waals surface area contributed by atoms with E-state index in [9.17, 15) is 0 Å². The zero-order valence-electron chi connectivity index (χ0n) is 10.2. The second-order valence-electron chi connectivity index (χ2n) is 4.56. The van der Waals surface area contributed by atoms with Crippen LogP contribution in [0.2, 0.25) is 5.02 Å². The van der Waals surface area contributed by atoms with E-state index < -0.39 is 0 Å². The SMILES string of the molecule is COc1ccc(C(N)C2COC(C)C2)cc1Cl. The van der Waals surface area contributed by atoms with Gasteiger partial charge in [0.05, 0.1) is 24.8 Å². The summed E-state index contributed by atoms with van der Waals surface area (Å²) in [5.74, 6) is 1.05. The van der Waals surface area contributed by atoms with Gasteiger partial charge in [-0.15, -0.1) is 0 Å². The second-order valence-corrected chi connectivity index (χ2v) is 4.97. The lowest BCUT2D eigenvalue weighted by Crippen LogP contribution is -2.21. The Morgan fingerprint density at radius 3 is 2.82 bits per heavy atom. The lowest BCUT2D eigenvalue weighted by molar-refractivity contribution is 0.118. The number of hydrogen-bond donors (Lipinski definition) is 1. The van der Waals surface area contributed by atoms with E-state index in [-0.39, 0.29) is 6.04 Å². The van der Waals surface area contributed by atoms with Gasteiger partial charge < -0.3 is 15.2 Å². The van der Waals surface area contributed by atoms with E-state index in [4.69, 9.17) is 26.8 Å². The van der Waals surface area contributed by atoms with Crippen LogP contribution in [0.1, 0.15) is 24.9 Å². The minimum Gasteiger partial charge on any atom is -0.495 e. The van der Waals surface area contributed by atoms with Crippen LogP contribution in [0, 0.1) is 5.92 Å². The van der Waals surface area contributed by atoms with Crippen LogP contribution in [0.3, 0.4) is 0 Å². The van der Waals surface area contributed by atoms with Gasteiger partial charge in [-0.3, -0.25) is 0 Å². The first kappa shape index (κ1) is 12.7. The molecule has 1 aromatic rings. The molecule has 1 aromatic carbocycles. The Bertz CT molecular complexity index is 397. The van der Waals surface area contributed by atoms with Crippen LogP contribution < -0.4 is 10.5 Å². The van der Waals surface area contributed by atoms with Crippen molar-refractivity contribution in [3.05, 3.63) is 28.8 Å². The zero-order chi connectivity index (χ0) is 12.4. The first-order chi connectivity index (χ1) is 8.11. The van der Waals surface area contributed by atoms with Gasteiger partial charge in [0.15, 0.2) is 0 Å². The molecule has 1 heterocycles. The van der Waals surface area contributed by atoms with E-state index in [1.54, 1.807) is 7.11 Å². The summed E-state index contributed by atoms with van der Waals surface area (Å²) >= 11 is 6.10. The van der Waals surface area contributed by atoms with E-state index in [0.29, 0.717) is 22.8 Å². The van der Waals surface area contributed by atoms with Gasteiger partial charge in [0.1, 0.15) is 5.75 Å². The Labute approximate surface area is 107 Å². The molecule has 2 N–H and O–H groups in total. The fourth-order valence-corrected chi connectivity index (χ4v) is 2.53. The summed E-state index contributed by atoms with van der Waals surface area (Å²) in [4.78, 5) is 0. The molecule has 1 aliphatic heterocycles. The highest BCUT2D eigenvalue weighted by atomic mass is 35.5. The van der Waals surface area contributed by atoms with Crippen LogP contribution in [-0.2, 0) is 4.74 Å². The molecule has 2 rings (SSSR count). The normalized spacial score (nSPS) is 25.9. The quantitative estimate of drug-likeness (QED) is 0.903. The zero-order valence-corrected chi connectivity index (χ0v) is 10.9. The molecule has 94 valence electrons. The van der Waals surface area contributed by atoms with Gasteiger partial charge in [-0.2, -0.15) is 0 Å². The fourth-order valence-electron chi connectivity index (χ4n) is 2.26. The van der Waals surface area contributed by atoms with Gasteiger partial charge in [0.2, 0.25) is 0 Å². The monoisotopic (exact) mass is 255 g/mol. The van der Waals surface area contributed by atoms with Gasteiger partial charge in [0, 0.05) is 12.0 Å². The maximum Gasteiger partial charge on any atom is 0.137 e. The molecule has 3 nitrogen and oxygen atoms in total. The summed E-state index contributed by atoms with van der Waals surface area (Å²) in [7, 11) is 1.60. The standard InChI is InChI=1S/C13H18ClNO2/c1-8-5-10(7-17-8)13(15)9-3-4-12(16-2)11(14)6-9/h3-4,6,8,10,13H,5,7,15H2,1-2H3. The van der Waals surface area contributed by atoms with Crippen LogP contribution in [0.5, 0.6) is 5.75 Å². The first-order valence-electron chi connectivity index (χ1n) is 5.82. The highest BCUT2D eigenvalue weighted by Crippen LogP contribution is 2.33. The molecule has 1 fully saturated rings. The fraction of sp³-hybridized carbons (Fsp3) is 0.538. The third-order valence-electron chi connectivity index (χ3n) is 3.30. The summed E-state index contributed by atoms with van der Waals surface area (Å²) in [6.07, 6.45) is 1.31. The molecule has 0 saturated carbocycles. The first-order valence-corrected chi connectivity index (χ1v) is 6.20. The highest BCUT2D eigenvalue weighted by Gasteiger charge is 2.28. The summed E-state index contributed by atoms with van der Waals surface area (Å²) in [5, 5.41) is 0.604. The molecular weight excluding hydrogens is 238 g/mol. The van der Waals surface area contributed by atoms with Gasteiger partial charge >= 0.3 is 0 Å². The molecule has 1 aliphatic rings. The molecule has 17 heavy (non-hydrogen) atoms. The third-order valence-corrected chi connectivity index (χ3v) is 3.59. The third kappa shape index (κ3) is 2.73. The van der Waals surface area contributed by atoms with Crippen molar-refractivity contribution in [2.24, 2.45) is 11.7 Å². The van der Waals surface area contributed by atoms with E-state index >= 15 is 0 Å². The Hall–Kier alpha value is -0.770. The van der Waals surface area contributed by atoms with Crippen LogP contribution in [0.15, 0.2) is 18.2 Å². The number of hydrogen-bond acceptors (Lipinski definition) is 3. The Kier molecular flexibility index (Phi) is 3.92. The summed E-state index contributed by atoms with van der Waals surface area (Å²) in [5.41, 5.74) is 7.28. The van der Waals surface area contributed by atoms with Gasteiger partial charge in [-0.1, -0.05) is 17.7 Å². The molecule has 3 unspecified atom stereocenters. The van der Waals surface area contributed by atoms with E-state index in [2.05, 4.69) is 6.92 Å². The minimum absolute atomic E-state index is 0.0247. The van der Waals surface area contributed by atoms with E-state index in [0.717, 1.165) is 18.6 Å². The van der Waals surface area contributed by atoms with Crippen LogP contribution in [-0.4, -0.2) is 19.8 Å². The number of benzene rings is 1. The molecular formula is C13H18ClNO2. The number of ether oxygens (including phenoxy) is 2. The average Bonchev–Trinajstić information content (AvgIpc) is 2.75. The van der Waals surface area contributed by atoms with Crippen molar-refractivity contribution in [1.29, 1.82) is 0 Å². The van der Waals surface area contributed by atoms with E-state index in [1.165, 1.54) is 0 Å². The Balaban J connectivity index is 2.14. The predicted molar refractivity (Wildman–Crippen MR) is 68.5 cm³/mol. The largest absolute Gasteiger partial charge is 0.495 e. The number of nitrogens with two attached hydrogens (primary N) is 1. The highest BCUT2D eigenvalue weighted by molar-refractivity contribution is 6.32.